The van der Waals surface area contributed by atoms with Gasteiger partial charge in [-0.25, -0.2) is 0 Å². The fourth-order valence-electron chi connectivity index (χ4n) is 2.79. The van der Waals surface area contributed by atoms with Crippen molar-refractivity contribution < 1.29 is 9.84 Å². The molecule has 2 nitrogen and oxygen atoms in total. The van der Waals surface area contributed by atoms with Crippen molar-refractivity contribution in [1.82, 2.24) is 0 Å². The second-order valence-corrected chi connectivity index (χ2v) is 6.76. The molecule has 1 saturated carbocycles. The quantitative estimate of drug-likeness (QED) is 0.799. The number of ether oxygens (including phenoxy) is 1. The molecule has 1 rings (SSSR count). The highest BCUT2D eigenvalue weighted by Gasteiger charge is 2.33. The lowest BCUT2D eigenvalue weighted by Gasteiger charge is -2.40. The summed E-state index contributed by atoms with van der Waals surface area (Å²) in [4.78, 5) is 0. The number of rotatable bonds is 4. The lowest BCUT2D eigenvalue weighted by Crippen LogP contribution is -2.38. The Bertz CT molecular complexity index is 221. The Hall–Kier alpha value is -0.0800. The van der Waals surface area contributed by atoms with Crippen LogP contribution in [0.15, 0.2) is 0 Å². The zero-order chi connectivity index (χ0) is 12.4. The normalized spacial score (nSPS) is 27.8. The largest absolute Gasteiger partial charge is 0.393 e. The van der Waals surface area contributed by atoms with Gasteiger partial charge in [-0.3, -0.25) is 0 Å². The summed E-state index contributed by atoms with van der Waals surface area (Å²) < 4.78 is 5.97. The van der Waals surface area contributed by atoms with E-state index in [9.17, 15) is 5.11 Å². The van der Waals surface area contributed by atoms with Gasteiger partial charge in [-0.05, 0) is 51.4 Å². The third-order valence-corrected chi connectivity index (χ3v) is 3.79. The number of hydrogen-bond donors (Lipinski definition) is 1. The molecule has 0 aliphatic heterocycles. The van der Waals surface area contributed by atoms with E-state index in [0.29, 0.717) is 11.3 Å². The van der Waals surface area contributed by atoms with Crippen molar-refractivity contribution in [3.05, 3.63) is 0 Å². The highest BCUT2D eigenvalue weighted by molar-refractivity contribution is 4.83. The molecule has 1 fully saturated rings. The smallest absolute Gasteiger partial charge is 0.0859 e. The molecule has 2 unspecified atom stereocenters. The van der Waals surface area contributed by atoms with Gasteiger partial charge >= 0.3 is 0 Å². The fraction of sp³-hybridized carbons (Fsp3) is 1.00. The Kier molecular flexibility index (Phi) is 4.42. The van der Waals surface area contributed by atoms with Crippen LogP contribution in [0.3, 0.4) is 0 Å². The summed E-state index contributed by atoms with van der Waals surface area (Å²) >= 11 is 0. The van der Waals surface area contributed by atoms with Gasteiger partial charge in [0.15, 0.2) is 0 Å². The molecule has 0 saturated heterocycles. The predicted octanol–water partition coefficient (Wildman–Crippen LogP) is 3.38. The van der Waals surface area contributed by atoms with Crippen LogP contribution in [0, 0.1) is 11.3 Å². The summed E-state index contributed by atoms with van der Waals surface area (Å²) in [5.74, 6) is 0.648. The molecule has 0 spiro atoms. The molecule has 96 valence electrons. The minimum Gasteiger partial charge on any atom is -0.393 e. The van der Waals surface area contributed by atoms with E-state index < -0.39 is 5.60 Å². The predicted molar refractivity (Wildman–Crippen MR) is 67.5 cm³/mol. The Morgan fingerprint density at radius 1 is 1.44 bits per heavy atom. The maximum atomic E-state index is 9.22. The van der Waals surface area contributed by atoms with E-state index in [-0.39, 0.29) is 12.7 Å². The second kappa shape index (κ2) is 5.05. The van der Waals surface area contributed by atoms with Crippen LogP contribution < -0.4 is 0 Å². The molecular weight excluding hydrogens is 200 g/mol. The Balaban J connectivity index is 2.51. The summed E-state index contributed by atoms with van der Waals surface area (Å²) in [7, 11) is 0. The van der Waals surface area contributed by atoms with E-state index in [2.05, 4.69) is 20.8 Å². The minimum absolute atomic E-state index is 0.0907. The number of aliphatic hydroxyl groups excluding tert-OH is 1. The SMILES string of the molecule is CC(OC(C)(C)CO)C1CCCC(C)(C)C1. The van der Waals surface area contributed by atoms with Crippen LogP contribution in [0.5, 0.6) is 0 Å². The highest BCUT2D eigenvalue weighted by Crippen LogP contribution is 2.41. The van der Waals surface area contributed by atoms with Gasteiger partial charge in [0.05, 0.1) is 18.3 Å². The first-order chi connectivity index (χ1) is 7.26. The third-order valence-electron chi connectivity index (χ3n) is 3.79. The van der Waals surface area contributed by atoms with E-state index in [1.165, 1.54) is 25.7 Å². The molecule has 16 heavy (non-hydrogen) atoms. The van der Waals surface area contributed by atoms with E-state index >= 15 is 0 Å². The summed E-state index contributed by atoms with van der Waals surface area (Å²) in [5.41, 5.74) is 0.0604. The van der Waals surface area contributed by atoms with Crippen molar-refractivity contribution >= 4 is 0 Å². The van der Waals surface area contributed by atoms with Crippen LogP contribution in [0.4, 0.5) is 0 Å². The van der Waals surface area contributed by atoms with Crippen molar-refractivity contribution in [2.45, 2.75) is 72.0 Å². The third kappa shape index (κ3) is 4.06. The van der Waals surface area contributed by atoms with Gasteiger partial charge in [0.1, 0.15) is 0 Å². The molecule has 0 aromatic heterocycles. The second-order valence-electron chi connectivity index (χ2n) is 6.76. The Morgan fingerprint density at radius 3 is 2.56 bits per heavy atom. The van der Waals surface area contributed by atoms with Crippen LogP contribution >= 0.6 is 0 Å². The first kappa shape index (κ1) is 14.0. The van der Waals surface area contributed by atoms with E-state index in [1.54, 1.807) is 0 Å². The van der Waals surface area contributed by atoms with Crippen molar-refractivity contribution in [3.63, 3.8) is 0 Å². The van der Waals surface area contributed by atoms with E-state index in [1.807, 2.05) is 13.8 Å². The van der Waals surface area contributed by atoms with Gasteiger partial charge in [-0.1, -0.05) is 20.3 Å². The van der Waals surface area contributed by atoms with Gasteiger partial charge < -0.3 is 9.84 Å². The average Bonchev–Trinajstić information content (AvgIpc) is 2.15. The maximum Gasteiger partial charge on any atom is 0.0859 e. The lowest BCUT2D eigenvalue weighted by atomic mass is 9.71. The molecule has 1 aliphatic rings. The standard InChI is InChI=1S/C14H28O2/c1-11(16-14(4,5)10-15)12-7-6-8-13(2,3)9-12/h11-12,15H,6-10H2,1-5H3. The van der Waals surface area contributed by atoms with Crippen molar-refractivity contribution in [2.75, 3.05) is 6.61 Å². The van der Waals surface area contributed by atoms with Crippen LogP contribution in [0.2, 0.25) is 0 Å². The van der Waals surface area contributed by atoms with Crippen molar-refractivity contribution in [3.8, 4) is 0 Å². The first-order valence-corrected chi connectivity index (χ1v) is 6.54. The lowest BCUT2D eigenvalue weighted by molar-refractivity contribution is -0.119. The Labute approximate surface area is 100 Å². The summed E-state index contributed by atoms with van der Waals surface area (Å²) in [5, 5.41) is 9.22. The van der Waals surface area contributed by atoms with Crippen LogP contribution in [-0.4, -0.2) is 23.4 Å². The van der Waals surface area contributed by atoms with Gasteiger partial charge in [-0.2, -0.15) is 0 Å². The molecule has 1 aliphatic carbocycles. The molecular formula is C14H28O2. The van der Waals surface area contributed by atoms with Crippen LogP contribution in [-0.2, 0) is 4.74 Å². The molecule has 2 atom stereocenters. The van der Waals surface area contributed by atoms with Crippen molar-refractivity contribution in [1.29, 1.82) is 0 Å². The fourth-order valence-corrected chi connectivity index (χ4v) is 2.79. The summed E-state index contributed by atoms with van der Waals surface area (Å²) in [6, 6.07) is 0. The molecule has 0 aromatic carbocycles. The highest BCUT2D eigenvalue weighted by atomic mass is 16.5. The molecule has 0 amide bonds. The van der Waals surface area contributed by atoms with E-state index in [4.69, 9.17) is 4.74 Å². The number of hydrogen-bond acceptors (Lipinski definition) is 2. The molecule has 0 bridgehead atoms. The van der Waals surface area contributed by atoms with E-state index in [0.717, 1.165) is 0 Å². The molecule has 0 aromatic rings. The van der Waals surface area contributed by atoms with Crippen LogP contribution in [0.25, 0.3) is 0 Å². The Morgan fingerprint density at radius 2 is 2.06 bits per heavy atom. The van der Waals surface area contributed by atoms with Gasteiger partial charge in [0.25, 0.3) is 0 Å². The maximum absolute atomic E-state index is 9.22. The molecule has 1 N–H and O–H groups in total. The molecule has 2 heteroatoms. The van der Waals surface area contributed by atoms with Gasteiger partial charge in [0, 0.05) is 0 Å². The van der Waals surface area contributed by atoms with Gasteiger partial charge in [0.2, 0.25) is 0 Å². The minimum atomic E-state index is -0.402. The topological polar surface area (TPSA) is 29.5 Å². The first-order valence-electron chi connectivity index (χ1n) is 6.54. The number of aliphatic hydroxyl groups is 1. The zero-order valence-corrected chi connectivity index (χ0v) is 11.5. The summed E-state index contributed by atoms with van der Waals surface area (Å²) in [6.07, 6.45) is 5.41. The monoisotopic (exact) mass is 228 g/mol. The average molecular weight is 228 g/mol. The molecule has 0 heterocycles. The van der Waals surface area contributed by atoms with Crippen LogP contribution in [0.1, 0.15) is 60.3 Å². The zero-order valence-electron chi connectivity index (χ0n) is 11.5. The molecule has 0 radical (unpaired) electrons. The van der Waals surface area contributed by atoms with Gasteiger partial charge in [-0.15, -0.1) is 0 Å². The summed E-state index contributed by atoms with van der Waals surface area (Å²) in [6.45, 7) is 10.9. The van der Waals surface area contributed by atoms with Crippen molar-refractivity contribution in [2.24, 2.45) is 11.3 Å².